The number of rotatable bonds is 4. The zero-order valence-electron chi connectivity index (χ0n) is 17.6. The van der Waals surface area contributed by atoms with Crippen LogP contribution in [-0.4, -0.2) is 43.2 Å². The molecular weight excluding hydrogens is 396 g/mol. The summed E-state index contributed by atoms with van der Waals surface area (Å²) in [5.74, 6) is 0.213. The molecule has 2 aliphatic heterocycles. The number of carbonyl (C=O) groups is 1. The maximum atomic E-state index is 13.0. The van der Waals surface area contributed by atoms with Gasteiger partial charge in [-0.05, 0) is 61.3 Å². The molecule has 2 aliphatic rings. The van der Waals surface area contributed by atoms with Gasteiger partial charge in [0, 0.05) is 32.6 Å². The third kappa shape index (κ3) is 4.44. The second kappa shape index (κ2) is 8.52. The maximum Gasteiger partial charge on any atom is 0.243 e. The van der Waals surface area contributed by atoms with Crippen molar-refractivity contribution in [2.75, 3.05) is 19.6 Å². The summed E-state index contributed by atoms with van der Waals surface area (Å²) in [6, 6.07) is 17.2. The summed E-state index contributed by atoms with van der Waals surface area (Å²) in [4.78, 5) is 15.1. The van der Waals surface area contributed by atoms with E-state index in [4.69, 9.17) is 0 Å². The van der Waals surface area contributed by atoms with Gasteiger partial charge in [-0.2, -0.15) is 4.31 Å². The molecule has 0 aromatic heterocycles. The molecule has 1 amide bonds. The minimum Gasteiger partial charge on any atom is -0.338 e. The number of likely N-dealkylation sites (tertiary alicyclic amines) is 1. The lowest BCUT2D eigenvalue weighted by Crippen LogP contribution is -2.43. The van der Waals surface area contributed by atoms with Crippen LogP contribution in [0.4, 0.5) is 0 Å². The number of sulfonamides is 1. The quantitative estimate of drug-likeness (QED) is 0.743. The second-order valence-electron chi connectivity index (χ2n) is 8.77. The van der Waals surface area contributed by atoms with Crippen molar-refractivity contribution >= 4 is 15.9 Å². The molecule has 0 aliphatic carbocycles. The van der Waals surface area contributed by atoms with Crippen LogP contribution in [0.2, 0.25) is 0 Å². The van der Waals surface area contributed by atoms with Crippen LogP contribution in [0, 0.1) is 12.3 Å². The molecular formula is C24H30N2O3S. The minimum atomic E-state index is -3.46. The first-order valence-corrected chi connectivity index (χ1v) is 12.2. The molecule has 4 rings (SSSR count). The van der Waals surface area contributed by atoms with E-state index in [1.165, 1.54) is 0 Å². The van der Waals surface area contributed by atoms with Gasteiger partial charge in [-0.25, -0.2) is 8.42 Å². The van der Waals surface area contributed by atoms with E-state index < -0.39 is 10.0 Å². The van der Waals surface area contributed by atoms with Gasteiger partial charge in [-0.3, -0.25) is 4.79 Å². The van der Waals surface area contributed by atoms with E-state index in [0.29, 0.717) is 31.0 Å². The van der Waals surface area contributed by atoms with Crippen molar-refractivity contribution in [2.45, 2.75) is 50.5 Å². The first-order chi connectivity index (χ1) is 14.4. The van der Waals surface area contributed by atoms with Gasteiger partial charge in [0.15, 0.2) is 0 Å². The lowest BCUT2D eigenvalue weighted by atomic mass is 9.73. The van der Waals surface area contributed by atoms with Crippen LogP contribution in [-0.2, 0) is 21.4 Å². The Kier molecular flexibility index (Phi) is 5.98. The molecule has 2 fully saturated rings. The summed E-state index contributed by atoms with van der Waals surface area (Å²) in [6.07, 6.45) is 4.01. The molecule has 0 bridgehead atoms. The predicted molar refractivity (Wildman–Crippen MR) is 117 cm³/mol. The Morgan fingerprint density at radius 1 is 0.900 bits per heavy atom. The van der Waals surface area contributed by atoms with Gasteiger partial charge in [-0.15, -0.1) is 0 Å². The molecule has 0 radical (unpaired) electrons. The zero-order chi connectivity index (χ0) is 21.2. The summed E-state index contributed by atoms with van der Waals surface area (Å²) < 4.78 is 27.7. The zero-order valence-corrected chi connectivity index (χ0v) is 18.4. The Morgan fingerprint density at radius 3 is 2.30 bits per heavy atom. The van der Waals surface area contributed by atoms with E-state index in [1.807, 2.05) is 36.1 Å². The van der Waals surface area contributed by atoms with E-state index >= 15 is 0 Å². The summed E-state index contributed by atoms with van der Waals surface area (Å²) >= 11 is 0. The van der Waals surface area contributed by atoms with Crippen molar-refractivity contribution < 1.29 is 13.2 Å². The van der Waals surface area contributed by atoms with E-state index in [9.17, 15) is 13.2 Å². The molecule has 0 saturated carbocycles. The highest BCUT2D eigenvalue weighted by molar-refractivity contribution is 7.89. The molecule has 2 aromatic rings. The van der Waals surface area contributed by atoms with Gasteiger partial charge in [-0.1, -0.05) is 42.5 Å². The first-order valence-electron chi connectivity index (χ1n) is 10.8. The van der Waals surface area contributed by atoms with Gasteiger partial charge in [0.2, 0.25) is 15.9 Å². The lowest BCUT2D eigenvalue weighted by Gasteiger charge is -2.40. The van der Waals surface area contributed by atoms with Gasteiger partial charge in [0.1, 0.15) is 0 Å². The van der Waals surface area contributed by atoms with Crippen LogP contribution in [0.1, 0.15) is 43.2 Å². The van der Waals surface area contributed by atoms with E-state index in [1.54, 1.807) is 22.5 Å². The summed E-state index contributed by atoms with van der Waals surface area (Å²) in [5.41, 5.74) is 2.17. The third-order valence-corrected chi connectivity index (χ3v) is 8.66. The Bertz CT molecular complexity index is 996. The highest BCUT2D eigenvalue weighted by Crippen LogP contribution is 2.42. The first kappa shape index (κ1) is 21.1. The van der Waals surface area contributed by atoms with Crippen molar-refractivity contribution in [3.05, 3.63) is 65.7 Å². The molecule has 30 heavy (non-hydrogen) atoms. The van der Waals surface area contributed by atoms with Crippen molar-refractivity contribution in [1.29, 1.82) is 0 Å². The summed E-state index contributed by atoms with van der Waals surface area (Å²) in [6.45, 7) is 4.38. The number of benzene rings is 2. The number of nitrogens with zero attached hydrogens (tertiary/aromatic N) is 2. The molecule has 6 heteroatoms. The van der Waals surface area contributed by atoms with Crippen LogP contribution in [0.15, 0.2) is 59.5 Å². The van der Waals surface area contributed by atoms with E-state index in [-0.39, 0.29) is 11.3 Å². The number of piperidine rings is 1. The molecule has 0 N–H and O–H groups in total. The fourth-order valence-electron chi connectivity index (χ4n) is 4.75. The molecule has 2 aromatic carbocycles. The number of hydrogen-bond acceptors (Lipinski definition) is 3. The van der Waals surface area contributed by atoms with Gasteiger partial charge in [0.25, 0.3) is 0 Å². The Morgan fingerprint density at radius 2 is 1.60 bits per heavy atom. The largest absolute Gasteiger partial charge is 0.338 e. The number of amides is 1. The van der Waals surface area contributed by atoms with Crippen molar-refractivity contribution in [3.63, 3.8) is 0 Å². The average molecular weight is 427 g/mol. The number of aryl methyl sites for hydroxylation is 1. The predicted octanol–water partition coefficient (Wildman–Crippen LogP) is 3.98. The summed E-state index contributed by atoms with van der Waals surface area (Å²) in [7, 11) is -3.46. The fourth-order valence-corrected chi connectivity index (χ4v) is 6.30. The van der Waals surface area contributed by atoms with Crippen LogP contribution >= 0.6 is 0 Å². The molecule has 0 atom stereocenters. The van der Waals surface area contributed by atoms with E-state index in [0.717, 1.165) is 43.4 Å². The minimum absolute atomic E-state index is 0.0692. The normalized spacial score (nSPS) is 20.3. The third-order valence-electron chi connectivity index (χ3n) is 6.76. The van der Waals surface area contributed by atoms with Crippen molar-refractivity contribution in [1.82, 2.24) is 9.21 Å². The van der Waals surface area contributed by atoms with Gasteiger partial charge < -0.3 is 4.90 Å². The highest BCUT2D eigenvalue weighted by Gasteiger charge is 2.40. The average Bonchev–Trinajstić information content (AvgIpc) is 2.89. The fraction of sp³-hybridized carbons (Fsp3) is 0.458. The van der Waals surface area contributed by atoms with Gasteiger partial charge >= 0.3 is 0 Å². The van der Waals surface area contributed by atoms with Gasteiger partial charge in [0.05, 0.1) is 4.90 Å². The molecule has 2 heterocycles. The van der Waals surface area contributed by atoms with Crippen molar-refractivity contribution in [2.24, 2.45) is 5.41 Å². The smallest absolute Gasteiger partial charge is 0.243 e. The maximum absolute atomic E-state index is 13.0. The monoisotopic (exact) mass is 426 g/mol. The van der Waals surface area contributed by atoms with E-state index in [2.05, 4.69) is 12.1 Å². The number of hydrogen-bond donors (Lipinski definition) is 0. The van der Waals surface area contributed by atoms with Crippen LogP contribution < -0.4 is 0 Å². The molecule has 2 saturated heterocycles. The van der Waals surface area contributed by atoms with Crippen LogP contribution in [0.3, 0.4) is 0 Å². The molecule has 160 valence electrons. The van der Waals surface area contributed by atoms with Crippen LogP contribution in [0.5, 0.6) is 0 Å². The summed E-state index contributed by atoms with van der Waals surface area (Å²) in [5, 5.41) is 0. The topological polar surface area (TPSA) is 57.7 Å². The SMILES string of the molecule is Cc1cccc(S(=O)(=O)N2CCC3(CCC(=O)N(Cc4ccccc4)CC3)CC2)c1. The van der Waals surface area contributed by atoms with Crippen LogP contribution in [0.25, 0.3) is 0 Å². The lowest BCUT2D eigenvalue weighted by molar-refractivity contribution is -0.131. The molecule has 5 nitrogen and oxygen atoms in total. The van der Waals surface area contributed by atoms with Crippen molar-refractivity contribution in [3.8, 4) is 0 Å². The Labute approximate surface area is 179 Å². The second-order valence-corrected chi connectivity index (χ2v) is 10.7. The molecule has 1 spiro atoms. The standard InChI is InChI=1S/C24H30N2O3S/c1-20-6-5-9-22(18-20)30(28,29)26-16-13-24(14-17-26)11-10-23(27)25(15-12-24)19-21-7-3-2-4-8-21/h2-9,18H,10-17,19H2,1H3. The molecule has 0 unspecified atom stereocenters. The Balaban J connectivity index is 1.41. The number of carbonyl (C=O) groups excluding carboxylic acids is 1. The Hall–Kier alpha value is -2.18. The highest BCUT2D eigenvalue weighted by atomic mass is 32.2.